The number of aliphatic hydroxyl groups excluding tert-OH is 1. The summed E-state index contributed by atoms with van der Waals surface area (Å²) >= 11 is 0. The van der Waals surface area contributed by atoms with E-state index in [0.29, 0.717) is 0 Å². The molecule has 1 aromatic rings. The summed E-state index contributed by atoms with van der Waals surface area (Å²) in [4.78, 5) is 11.0. The molecule has 1 rings (SSSR count). The van der Waals surface area contributed by atoms with Crippen molar-refractivity contribution in [3.05, 3.63) is 5.69 Å². The Morgan fingerprint density at radius 2 is 2.00 bits per heavy atom. The molecule has 0 spiro atoms. The number of amides is 1. The van der Waals surface area contributed by atoms with Gasteiger partial charge in [0.25, 0.3) is 5.91 Å². The van der Waals surface area contributed by atoms with Gasteiger partial charge in [-0.2, -0.15) is 0 Å². The second-order valence-corrected chi connectivity index (χ2v) is 6.26. The minimum atomic E-state index is -3.38. The summed E-state index contributed by atoms with van der Waals surface area (Å²) in [6, 6.07) is 0. The van der Waals surface area contributed by atoms with Crippen LogP contribution in [0.2, 0.25) is 0 Å². The third-order valence-corrected chi connectivity index (χ3v) is 4.65. The van der Waals surface area contributed by atoms with Gasteiger partial charge in [0.15, 0.2) is 11.5 Å². The first-order valence-electron chi connectivity index (χ1n) is 6.38. The second-order valence-electron chi connectivity index (χ2n) is 4.15. The summed E-state index contributed by atoms with van der Waals surface area (Å²) < 4.78 is 23.5. The molecule has 0 aromatic carbocycles. The number of hydrogen-bond donors (Lipinski definition) is 3. The van der Waals surface area contributed by atoms with Gasteiger partial charge in [-0.15, -0.1) is 5.10 Å². The molecule has 0 aliphatic carbocycles. The second kappa shape index (κ2) is 7.51. The molecule has 0 bridgehead atoms. The fourth-order valence-electron chi connectivity index (χ4n) is 1.68. The van der Waals surface area contributed by atoms with Gasteiger partial charge in [0.05, 0.1) is 32.0 Å². The van der Waals surface area contributed by atoms with Crippen molar-refractivity contribution in [2.75, 3.05) is 25.1 Å². The molecule has 0 aliphatic rings. The summed E-state index contributed by atoms with van der Waals surface area (Å²) in [5, 5.41) is 17.1. The van der Waals surface area contributed by atoms with Crippen LogP contribution in [-0.2, 0) is 20.2 Å². The van der Waals surface area contributed by atoms with Crippen LogP contribution in [0.15, 0.2) is 0 Å². The number of primary amides is 1. The van der Waals surface area contributed by atoms with Crippen LogP contribution in [0.4, 0.5) is 5.82 Å². The van der Waals surface area contributed by atoms with Gasteiger partial charge in [-0.05, 0) is 13.8 Å². The standard InChI is InChI=1S/C10H20N5O5P/c1-3-19-21(18,20-4-2)6-7(16)5-15-9(11)8(10(12)17)13-14-15/h7,16H,3-6,11H2,1-2H3,(H2,12,17). The topological polar surface area (TPSA) is 156 Å². The first-order chi connectivity index (χ1) is 9.83. The van der Waals surface area contributed by atoms with E-state index in [1.165, 1.54) is 0 Å². The smallest absolute Gasteiger partial charge is 0.333 e. The van der Waals surface area contributed by atoms with Gasteiger partial charge in [0.1, 0.15) is 0 Å². The third-order valence-electron chi connectivity index (χ3n) is 2.48. The van der Waals surface area contributed by atoms with Crippen molar-refractivity contribution in [3.8, 4) is 0 Å². The number of carbonyl (C=O) groups is 1. The zero-order valence-electron chi connectivity index (χ0n) is 11.9. The molecular weight excluding hydrogens is 301 g/mol. The minimum absolute atomic E-state index is 0.0656. The number of aromatic nitrogens is 3. The van der Waals surface area contributed by atoms with Crippen LogP contribution in [0.5, 0.6) is 0 Å². The largest absolute Gasteiger partial charge is 0.391 e. The molecule has 0 fully saturated rings. The molecule has 0 aliphatic heterocycles. The Hall–Kier alpha value is -1.48. The summed E-state index contributed by atoms with van der Waals surface area (Å²) in [6.45, 7) is 3.62. The quantitative estimate of drug-likeness (QED) is 0.518. The van der Waals surface area contributed by atoms with E-state index < -0.39 is 19.6 Å². The van der Waals surface area contributed by atoms with Gasteiger partial charge < -0.3 is 25.6 Å². The van der Waals surface area contributed by atoms with Gasteiger partial charge in [-0.25, -0.2) is 4.68 Å². The lowest BCUT2D eigenvalue weighted by Gasteiger charge is -2.20. The molecule has 1 heterocycles. The van der Waals surface area contributed by atoms with Crippen LogP contribution in [0, 0.1) is 0 Å². The Kier molecular flexibility index (Phi) is 6.28. The molecule has 10 nitrogen and oxygen atoms in total. The number of aliphatic hydroxyl groups is 1. The molecule has 1 aromatic heterocycles. The van der Waals surface area contributed by atoms with Gasteiger partial charge in [-0.3, -0.25) is 9.36 Å². The highest BCUT2D eigenvalue weighted by Gasteiger charge is 2.28. The van der Waals surface area contributed by atoms with Crippen molar-refractivity contribution in [1.82, 2.24) is 15.0 Å². The number of nitrogen functional groups attached to an aromatic ring is 1. The highest BCUT2D eigenvalue weighted by Crippen LogP contribution is 2.48. The first-order valence-corrected chi connectivity index (χ1v) is 8.10. The summed E-state index contributed by atoms with van der Waals surface area (Å²) in [5.41, 5.74) is 10.5. The highest BCUT2D eigenvalue weighted by molar-refractivity contribution is 7.53. The van der Waals surface area contributed by atoms with Crippen LogP contribution in [0.1, 0.15) is 24.3 Å². The van der Waals surface area contributed by atoms with Crippen LogP contribution in [0.3, 0.4) is 0 Å². The van der Waals surface area contributed by atoms with Gasteiger partial charge in [0.2, 0.25) is 0 Å². The molecule has 120 valence electrons. The Morgan fingerprint density at radius 1 is 1.43 bits per heavy atom. The maximum Gasteiger partial charge on any atom is 0.333 e. The monoisotopic (exact) mass is 321 g/mol. The van der Waals surface area contributed by atoms with Gasteiger partial charge in [0, 0.05) is 0 Å². The van der Waals surface area contributed by atoms with Crippen molar-refractivity contribution >= 4 is 19.3 Å². The van der Waals surface area contributed by atoms with E-state index in [1.807, 2.05) is 0 Å². The summed E-state index contributed by atoms with van der Waals surface area (Å²) in [7, 11) is -3.38. The fraction of sp³-hybridized carbons (Fsp3) is 0.700. The lowest BCUT2D eigenvalue weighted by Crippen LogP contribution is -2.23. The predicted molar refractivity (Wildman–Crippen MR) is 74.7 cm³/mol. The minimum Gasteiger partial charge on any atom is -0.391 e. The van der Waals surface area contributed by atoms with Crippen LogP contribution < -0.4 is 11.5 Å². The van der Waals surface area contributed by atoms with E-state index in [9.17, 15) is 14.5 Å². The molecule has 0 saturated heterocycles. The van der Waals surface area contributed by atoms with Crippen LogP contribution in [-0.4, -0.2) is 51.5 Å². The van der Waals surface area contributed by atoms with Gasteiger partial charge in [-0.1, -0.05) is 5.21 Å². The van der Waals surface area contributed by atoms with E-state index in [4.69, 9.17) is 20.5 Å². The molecule has 1 amide bonds. The SMILES string of the molecule is CCOP(=O)(CC(O)Cn1nnc(C(N)=O)c1N)OCC. The zero-order valence-corrected chi connectivity index (χ0v) is 12.8. The molecule has 1 unspecified atom stereocenters. The number of carbonyl (C=O) groups excluding carboxylic acids is 1. The molecule has 21 heavy (non-hydrogen) atoms. The molecule has 11 heteroatoms. The number of nitrogens with two attached hydrogens (primary N) is 2. The maximum absolute atomic E-state index is 12.3. The van der Waals surface area contributed by atoms with Crippen molar-refractivity contribution < 1.29 is 23.5 Å². The third kappa shape index (κ3) is 4.78. The lowest BCUT2D eigenvalue weighted by atomic mass is 10.4. The Labute approximate surface area is 121 Å². The Bertz CT molecular complexity index is 524. The normalized spacial score (nSPS) is 13.3. The Morgan fingerprint density at radius 3 is 2.43 bits per heavy atom. The van der Waals surface area contributed by atoms with Crippen molar-refractivity contribution in [2.45, 2.75) is 26.5 Å². The van der Waals surface area contributed by atoms with E-state index in [-0.39, 0.29) is 37.4 Å². The first kappa shape index (κ1) is 17.6. The van der Waals surface area contributed by atoms with Gasteiger partial charge >= 0.3 is 7.60 Å². The highest BCUT2D eigenvalue weighted by atomic mass is 31.2. The van der Waals surface area contributed by atoms with E-state index in [2.05, 4.69) is 10.3 Å². The predicted octanol–water partition coefficient (Wildman–Crippen LogP) is -0.414. The maximum atomic E-state index is 12.3. The summed E-state index contributed by atoms with van der Waals surface area (Å²) in [6.07, 6.45) is -1.32. The van der Waals surface area contributed by atoms with Crippen molar-refractivity contribution in [2.24, 2.45) is 5.73 Å². The molecule has 5 N–H and O–H groups in total. The Balaban J connectivity index is 2.74. The fourth-order valence-corrected chi connectivity index (χ4v) is 3.39. The molecule has 0 saturated carbocycles. The summed E-state index contributed by atoms with van der Waals surface area (Å²) in [5.74, 6) is -0.883. The van der Waals surface area contributed by atoms with Crippen LogP contribution >= 0.6 is 7.60 Å². The number of nitrogens with zero attached hydrogens (tertiary/aromatic N) is 3. The van der Waals surface area contributed by atoms with E-state index in [1.54, 1.807) is 13.8 Å². The van der Waals surface area contributed by atoms with Crippen molar-refractivity contribution in [3.63, 3.8) is 0 Å². The number of rotatable bonds is 9. The van der Waals surface area contributed by atoms with Crippen molar-refractivity contribution in [1.29, 1.82) is 0 Å². The van der Waals surface area contributed by atoms with E-state index >= 15 is 0 Å². The van der Waals surface area contributed by atoms with Crippen LogP contribution in [0.25, 0.3) is 0 Å². The number of hydrogen-bond acceptors (Lipinski definition) is 8. The zero-order chi connectivity index (χ0) is 16.0. The average Bonchev–Trinajstić information content (AvgIpc) is 2.71. The number of anilines is 1. The average molecular weight is 321 g/mol. The van der Waals surface area contributed by atoms with E-state index in [0.717, 1.165) is 4.68 Å². The molecular formula is C10H20N5O5P. The molecule has 1 atom stereocenters. The molecule has 0 radical (unpaired) electrons. The lowest BCUT2D eigenvalue weighted by molar-refractivity contribution is 0.0996.